The third-order valence-corrected chi connectivity index (χ3v) is 6.34. The number of carbonyl (C=O) groups excluding carboxylic acids is 1. The normalized spacial score (nSPS) is 11.9. The Morgan fingerprint density at radius 2 is 1.60 bits per heavy atom. The van der Waals surface area contributed by atoms with Crippen LogP contribution in [0.1, 0.15) is 60.4 Å². The fourth-order valence-corrected chi connectivity index (χ4v) is 4.06. The van der Waals surface area contributed by atoms with Crippen LogP contribution < -0.4 is 15.1 Å². The van der Waals surface area contributed by atoms with Crippen LogP contribution in [0.15, 0.2) is 48.8 Å². The van der Waals surface area contributed by atoms with E-state index >= 15 is 0 Å². The second-order valence-electron chi connectivity index (χ2n) is 9.80. The average molecular weight is 565 g/mol. The number of halogens is 6. The van der Waals surface area contributed by atoms with Crippen molar-refractivity contribution in [1.29, 1.82) is 0 Å². The van der Waals surface area contributed by atoms with Gasteiger partial charge in [-0.05, 0) is 55.0 Å². The van der Waals surface area contributed by atoms with Gasteiger partial charge in [-0.3, -0.25) is 0 Å². The number of rotatable bonds is 12. The zero-order chi connectivity index (χ0) is 29.5. The lowest BCUT2D eigenvalue weighted by Gasteiger charge is -2.24. The van der Waals surface area contributed by atoms with E-state index in [2.05, 4.69) is 29.9 Å². The summed E-state index contributed by atoms with van der Waals surface area (Å²) in [7, 11) is 0.463. The van der Waals surface area contributed by atoms with Crippen molar-refractivity contribution in [3.8, 4) is 5.75 Å². The van der Waals surface area contributed by atoms with Gasteiger partial charge < -0.3 is 14.4 Å². The lowest BCUT2D eigenvalue weighted by Crippen LogP contribution is -2.35. The Bertz CT molecular complexity index is 1250. The number of aryl methyl sites for hydroxylation is 1. The molecule has 0 fully saturated rings. The predicted octanol–water partition coefficient (Wildman–Crippen LogP) is 6.03. The number of nitrogens with zero attached hydrogens (tertiary/aromatic N) is 3. The maximum Gasteiger partial charge on any atom is 0.416 e. The Balaban J connectivity index is 1.94. The highest BCUT2D eigenvalue weighted by Gasteiger charge is 2.37. The van der Waals surface area contributed by atoms with Crippen molar-refractivity contribution in [1.82, 2.24) is 9.97 Å². The maximum atomic E-state index is 13.5. The molecule has 1 heterocycles. The van der Waals surface area contributed by atoms with E-state index in [0.717, 1.165) is 35.0 Å². The largest absolute Gasteiger partial charge is 0.490 e. The first-order chi connectivity index (χ1) is 18.8. The van der Waals surface area contributed by atoms with Crippen LogP contribution in [0.3, 0.4) is 0 Å². The van der Waals surface area contributed by atoms with Crippen molar-refractivity contribution in [2.45, 2.75) is 58.4 Å². The van der Waals surface area contributed by atoms with Gasteiger partial charge in [0.05, 0.1) is 30.1 Å². The third-order valence-electron chi connectivity index (χ3n) is 6.34. The van der Waals surface area contributed by atoms with E-state index < -0.39 is 23.5 Å². The van der Waals surface area contributed by atoms with Gasteiger partial charge in [0.15, 0.2) is 13.0 Å². The van der Waals surface area contributed by atoms with E-state index in [9.17, 15) is 31.1 Å². The highest BCUT2D eigenvalue weighted by Crippen LogP contribution is 2.36. The molecule has 0 aliphatic carbocycles. The molecule has 0 spiro atoms. The van der Waals surface area contributed by atoms with Gasteiger partial charge in [-0.1, -0.05) is 43.1 Å². The van der Waals surface area contributed by atoms with Crippen LogP contribution in [0.2, 0.25) is 0 Å². The van der Waals surface area contributed by atoms with Gasteiger partial charge in [-0.2, -0.15) is 26.3 Å². The highest BCUT2D eigenvalue weighted by molar-refractivity contribution is 6.54. The van der Waals surface area contributed by atoms with Gasteiger partial charge in [0.2, 0.25) is 5.95 Å². The second-order valence-corrected chi connectivity index (χ2v) is 9.80. The molecule has 3 rings (SSSR count). The van der Waals surface area contributed by atoms with Gasteiger partial charge in [-0.25, -0.2) is 9.97 Å². The van der Waals surface area contributed by atoms with Crippen LogP contribution in [0.4, 0.5) is 32.3 Å². The number of hydrogen-bond donors (Lipinski definition) is 0. The smallest absolute Gasteiger partial charge is 0.416 e. The van der Waals surface area contributed by atoms with Gasteiger partial charge in [0.25, 0.3) is 0 Å². The Morgan fingerprint density at radius 3 is 2.15 bits per heavy atom. The topological polar surface area (TPSA) is 55.3 Å². The maximum absolute atomic E-state index is 13.5. The van der Waals surface area contributed by atoms with Crippen LogP contribution >= 0.6 is 0 Å². The van der Waals surface area contributed by atoms with Gasteiger partial charge in [-0.15, -0.1) is 0 Å². The molecule has 0 aliphatic heterocycles. The number of anilines is 1. The molecule has 0 unspecified atom stereocenters. The Morgan fingerprint density at radius 1 is 0.975 bits per heavy atom. The molecular weight excluding hydrogens is 535 g/mol. The quantitative estimate of drug-likeness (QED) is 0.116. The van der Waals surface area contributed by atoms with Gasteiger partial charge in [0, 0.05) is 13.0 Å². The molecule has 0 aliphatic rings. The lowest BCUT2D eigenvalue weighted by atomic mass is 9.67. The molecule has 3 aromatic rings. The Hall–Kier alpha value is -3.57. The number of benzene rings is 2. The number of alkyl halides is 6. The zero-order valence-electron chi connectivity index (χ0n) is 22.4. The number of aldehydes is 1. The molecule has 214 valence electrons. The molecule has 2 aromatic carbocycles. The van der Waals surface area contributed by atoms with Crippen LogP contribution in [0.25, 0.3) is 0 Å². The van der Waals surface area contributed by atoms with Crippen LogP contribution in [-0.4, -0.2) is 36.6 Å². The summed E-state index contributed by atoms with van der Waals surface area (Å²) >= 11 is 0. The van der Waals surface area contributed by atoms with E-state index in [0.29, 0.717) is 25.9 Å². The molecule has 5 nitrogen and oxygen atoms in total. The van der Waals surface area contributed by atoms with Crippen LogP contribution in [0, 0.1) is 6.92 Å². The summed E-state index contributed by atoms with van der Waals surface area (Å²) in [4.78, 5) is 20.6. The summed E-state index contributed by atoms with van der Waals surface area (Å²) in [6, 6.07) is 7.63. The summed E-state index contributed by atoms with van der Waals surface area (Å²) in [6.45, 7) is 6.04. The number of hydrogen-bond acceptors (Lipinski definition) is 5. The van der Waals surface area contributed by atoms with Crippen molar-refractivity contribution in [2.75, 3.05) is 18.0 Å². The first-order valence-electron chi connectivity index (χ1n) is 12.8. The van der Waals surface area contributed by atoms with E-state index in [-0.39, 0.29) is 43.1 Å². The molecule has 0 saturated heterocycles. The molecular formula is C28H30BF6N3O2. The average Bonchev–Trinajstić information content (AvgIpc) is 2.89. The Labute approximate surface area is 229 Å². The number of ether oxygens (including phenoxy) is 1. The minimum Gasteiger partial charge on any atom is -0.490 e. The zero-order valence-corrected chi connectivity index (χ0v) is 22.4. The molecule has 0 amide bonds. The summed E-state index contributed by atoms with van der Waals surface area (Å²) in [5, 5.41) is 0. The molecule has 0 bridgehead atoms. The first kappa shape index (κ1) is 31.0. The van der Waals surface area contributed by atoms with E-state index in [1.165, 1.54) is 12.4 Å². The standard InChI is InChI=1S/C28H30BF6N3O2/c1-18(2)21-7-6-19(3)25(12-21)29-17-38(26-36-14-24(15-37-26)40-9-5-4-8-39)16-20-10-22(27(30,31)32)13-23(11-20)28(33,34)35/h6-8,10-15,18,29H,4-5,9,16-17H2,1-3H3. The minimum atomic E-state index is -4.95. The highest BCUT2D eigenvalue weighted by atomic mass is 19.4. The third kappa shape index (κ3) is 8.72. The molecule has 12 heteroatoms. The monoisotopic (exact) mass is 565 g/mol. The first-order valence-corrected chi connectivity index (χ1v) is 12.8. The van der Waals surface area contributed by atoms with Crippen molar-refractivity contribution in [3.05, 3.63) is 76.6 Å². The number of unbranched alkanes of at least 4 members (excludes halogenated alkanes) is 1. The fraction of sp³-hybridized carbons (Fsp3) is 0.393. The van der Waals surface area contributed by atoms with Crippen molar-refractivity contribution in [3.63, 3.8) is 0 Å². The summed E-state index contributed by atoms with van der Waals surface area (Å²) < 4.78 is 86.3. The molecule has 0 N–H and O–H groups in total. The van der Waals surface area contributed by atoms with Crippen LogP contribution in [-0.2, 0) is 23.7 Å². The molecule has 0 radical (unpaired) electrons. The molecule has 40 heavy (non-hydrogen) atoms. The number of aromatic nitrogens is 2. The van der Waals surface area contributed by atoms with E-state index in [1.807, 2.05) is 19.1 Å². The van der Waals surface area contributed by atoms with Crippen LogP contribution in [0.5, 0.6) is 5.75 Å². The van der Waals surface area contributed by atoms with E-state index in [4.69, 9.17) is 4.74 Å². The number of carbonyl (C=O) groups is 1. The Kier molecular flexibility index (Phi) is 10.2. The van der Waals surface area contributed by atoms with Crippen molar-refractivity contribution >= 4 is 25.0 Å². The summed E-state index contributed by atoms with van der Waals surface area (Å²) in [5.41, 5.74) is 0.212. The molecule has 1 aromatic heterocycles. The van der Waals surface area contributed by atoms with Gasteiger partial charge >= 0.3 is 12.4 Å². The SMILES string of the molecule is Cc1ccc(C(C)C)cc1BCN(Cc1cc(C(F)(F)F)cc(C(F)(F)F)c1)c1ncc(OCCCC=O)cn1. The van der Waals surface area contributed by atoms with E-state index in [1.54, 1.807) is 4.90 Å². The van der Waals surface area contributed by atoms with Crippen molar-refractivity contribution in [2.24, 2.45) is 0 Å². The molecule has 0 saturated carbocycles. The fourth-order valence-electron chi connectivity index (χ4n) is 4.06. The summed E-state index contributed by atoms with van der Waals surface area (Å²) in [5.74, 6) is 0.737. The minimum absolute atomic E-state index is 0.113. The van der Waals surface area contributed by atoms with Gasteiger partial charge in [0.1, 0.15) is 6.29 Å². The van der Waals surface area contributed by atoms with Crippen molar-refractivity contribution < 1.29 is 35.9 Å². The molecule has 0 atom stereocenters. The second kappa shape index (κ2) is 13.2. The summed E-state index contributed by atoms with van der Waals surface area (Å²) in [6.07, 6.45) is -5.29. The predicted molar refractivity (Wildman–Crippen MR) is 142 cm³/mol. The lowest BCUT2D eigenvalue weighted by molar-refractivity contribution is -0.143.